The van der Waals surface area contributed by atoms with Crippen molar-refractivity contribution in [3.63, 3.8) is 0 Å². The molecule has 2 amide bonds. The maximum atomic E-state index is 11.9. The molecule has 2 heterocycles. The van der Waals surface area contributed by atoms with Crippen LogP contribution in [0.15, 0.2) is 30.5 Å². The largest absolute Gasteiger partial charge is 0.390 e. The fourth-order valence-electron chi connectivity index (χ4n) is 3.36. The van der Waals surface area contributed by atoms with Gasteiger partial charge in [0.25, 0.3) is 0 Å². The molecular formula is C19H28N4O3. The number of para-hydroxylation sites is 1. The third-order valence-electron chi connectivity index (χ3n) is 4.65. The number of fused-ring (bicyclic) bond motifs is 1. The molecule has 1 aromatic carbocycles. The van der Waals surface area contributed by atoms with Gasteiger partial charge in [-0.1, -0.05) is 18.2 Å². The minimum atomic E-state index is -0.585. The summed E-state index contributed by atoms with van der Waals surface area (Å²) in [5, 5.41) is 16.9. The predicted molar refractivity (Wildman–Crippen MR) is 101 cm³/mol. The van der Waals surface area contributed by atoms with Crippen LogP contribution < -0.4 is 10.6 Å². The van der Waals surface area contributed by atoms with E-state index in [0.717, 1.165) is 25.0 Å². The molecule has 1 aromatic heterocycles. The molecule has 1 saturated heterocycles. The van der Waals surface area contributed by atoms with E-state index in [1.807, 2.05) is 25.3 Å². The van der Waals surface area contributed by atoms with Crippen molar-refractivity contribution in [3.05, 3.63) is 36.0 Å². The van der Waals surface area contributed by atoms with Gasteiger partial charge in [0, 0.05) is 44.4 Å². The monoisotopic (exact) mass is 360 g/mol. The molecule has 142 valence electrons. The van der Waals surface area contributed by atoms with Crippen molar-refractivity contribution >= 4 is 16.9 Å². The van der Waals surface area contributed by atoms with Crippen molar-refractivity contribution in [3.8, 4) is 0 Å². The summed E-state index contributed by atoms with van der Waals surface area (Å²) in [4.78, 5) is 17.3. The fourth-order valence-corrected chi connectivity index (χ4v) is 3.36. The highest BCUT2D eigenvalue weighted by molar-refractivity contribution is 5.82. The standard InChI is InChI=1S/C19H28N4O3/c1-14-12-23(9-10-26-14)13-17(24)11-22-19(25)21-8-6-16-4-2-3-15-5-7-20-18(15)16/h2-5,7,14,17,20,24H,6,8-13H2,1H3,(H2,21,22,25). The van der Waals surface area contributed by atoms with E-state index < -0.39 is 6.10 Å². The summed E-state index contributed by atoms with van der Waals surface area (Å²) in [6.45, 7) is 5.67. The number of morpholine rings is 1. The smallest absolute Gasteiger partial charge is 0.314 e. The van der Waals surface area contributed by atoms with Crippen LogP contribution in [0.1, 0.15) is 12.5 Å². The number of aromatic amines is 1. The second-order valence-corrected chi connectivity index (χ2v) is 6.84. The van der Waals surface area contributed by atoms with Crippen molar-refractivity contribution in [2.45, 2.75) is 25.6 Å². The van der Waals surface area contributed by atoms with Crippen LogP contribution >= 0.6 is 0 Å². The Bertz CT molecular complexity index is 718. The number of rotatable bonds is 7. The van der Waals surface area contributed by atoms with Crippen LogP contribution in [0.2, 0.25) is 0 Å². The van der Waals surface area contributed by atoms with Gasteiger partial charge in [-0.25, -0.2) is 4.79 Å². The van der Waals surface area contributed by atoms with Gasteiger partial charge in [0.1, 0.15) is 0 Å². The molecule has 1 aliphatic heterocycles. The summed E-state index contributed by atoms with van der Waals surface area (Å²) in [7, 11) is 0. The quantitative estimate of drug-likeness (QED) is 0.595. The van der Waals surface area contributed by atoms with Crippen molar-refractivity contribution in [2.24, 2.45) is 0 Å². The first-order valence-electron chi connectivity index (χ1n) is 9.20. The zero-order valence-electron chi connectivity index (χ0n) is 15.2. The summed E-state index contributed by atoms with van der Waals surface area (Å²) < 4.78 is 5.48. The van der Waals surface area contributed by atoms with Gasteiger partial charge in [-0.2, -0.15) is 0 Å². The molecule has 1 fully saturated rings. The number of ether oxygens (including phenoxy) is 1. The molecule has 2 aromatic rings. The second-order valence-electron chi connectivity index (χ2n) is 6.84. The summed E-state index contributed by atoms with van der Waals surface area (Å²) in [6, 6.07) is 7.93. The van der Waals surface area contributed by atoms with Gasteiger partial charge >= 0.3 is 6.03 Å². The molecule has 0 saturated carbocycles. The van der Waals surface area contributed by atoms with E-state index in [4.69, 9.17) is 4.74 Å². The number of benzene rings is 1. The Balaban J connectivity index is 1.34. The maximum Gasteiger partial charge on any atom is 0.314 e. The SMILES string of the molecule is CC1CN(CC(O)CNC(=O)NCCc2cccc3cc[nH]c23)CCO1. The number of aliphatic hydroxyl groups is 1. The molecule has 1 aliphatic rings. The van der Waals surface area contributed by atoms with Gasteiger partial charge in [0.2, 0.25) is 0 Å². The van der Waals surface area contributed by atoms with Gasteiger partial charge in [-0.15, -0.1) is 0 Å². The minimum Gasteiger partial charge on any atom is -0.390 e. The lowest BCUT2D eigenvalue weighted by Gasteiger charge is -2.32. The number of carbonyl (C=O) groups is 1. The fraction of sp³-hybridized carbons (Fsp3) is 0.526. The molecule has 2 unspecified atom stereocenters. The van der Waals surface area contributed by atoms with Gasteiger partial charge in [0.05, 0.1) is 18.8 Å². The molecule has 2 atom stereocenters. The highest BCUT2D eigenvalue weighted by atomic mass is 16.5. The lowest BCUT2D eigenvalue weighted by Crippen LogP contribution is -2.48. The third-order valence-corrected chi connectivity index (χ3v) is 4.65. The predicted octanol–water partition coefficient (Wildman–Crippen LogP) is 1.09. The lowest BCUT2D eigenvalue weighted by atomic mass is 10.1. The first-order chi connectivity index (χ1) is 12.6. The van der Waals surface area contributed by atoms with Crippen molar-refractivity contribution < 1.29 is 14.6 Å². The summed E-state index contributed by atoms with van der Waals surface area (Å²) >= 11 is 0. The second kappa shape index (κ2) is 9.02. The zero-order valence-corrected chi connectivity index (χ0v) is 15.2. The van der Waals surface area contributed by atoms with E-state index >= 15 is 0 Å². The molecule has 3 rings (SSSR count). The van der Waals surface area contributed by atoms with E-state index in [0.29, 0.717) is 19.7 Å². The lowest BCUT2D eigenvalue weighted by molar-refractivity contribution is -0.0310. The number of urea groups is 1. The van der Waals surface area contributed by atoms with E-state index in [2.05, 4.69) is 32.7 Å². The zero-order chi connectivity index (χ0) is 18.4. The third kappa shape index (κ3) is 5.20. The Labute approximate surface area is 153 Å². The van der Waals surface area contributed by atoms with E-state index in [1.54, 1.807) is 0 Å². The van der Waals surface area contributed by atoms with Crippen LogP contribution in [-0.2, 0) is 11.2 Å². The number of aromatic nitrogens is 1. The Kier molecular flexibility index (Phi) is 6.49. The summed E-state index contributed by atoms with van der Waals surface area (Å²) in [6.07, 6.45) is 2.28. The van der Waals surface area contributed by atoms with Crippen molar-refractivity contribution in [1.82, 2.24) is 20.5 Å². The number of carbonyl (C=O) groups excluding carboxylic acids is 1. The number of aliphatic hydroxyl groups excluding tert-OH is 1. The molecule has 7 heteroatoms. The minimum absolute atomic E-state index is 0.191. The molecule has 0 spiro atoms. The average Bonchev–Trinajstić information content (AvgIpc) is 3.10. The highest BCUT2D eigenvalue weighted by Crippen LogP contribution is 2.16. The number of amides is 2. The summed E-state index contributed by atoms with van der Waals surface area (Å²) in [5.74, 6) is 0. The van der Waals surface area contributed by atoms with E-state index in [-0.39, 0.29) is 18.7 Å². The van der Waals surface area contributed by atoms with Gasteiger partial charge in [-0.3, -0.25) is 4.90 Å². The van der Waals surface area contributed by atoms with Crippen molar-refractivity contribution in [1.29, 1.82) is 0 Å². The normalized spacial score (nSPS) is 19.4. The van der Waals surface area contributed by atoms with E-state index in [1.165, 1.54) is 10.9 Å². The van der Waals surface area contributed by atoms with E-state index in [9.17, 15) is 9.90 Å². The van der Waals surface area contributed by atoms with Crippen LogP contribution in [0.5, 0.6) is 0 Å². The van der Waals surface area contributed by atoms with Gasteiger partial charge < -0.3 is 25.5 Å². The Morgan fingerprint density at radius 3 is 3.15 bits per heavy atom. The number of β-amino-alcohol motifs (C(OH)–C–C–N with tert-alkyl or cyclic N) is 1. The molecule has 26 heavy (non-hydrogen) atoms. The first-order valence-corrected chi connectivity index (χ1v) is 9.20. The Morgan fingerprint density at radius 1 is 1.42 bits per heavy atom. The van der Waals surface area contributed by atoms with Crippen molar-refractivity contribution in [2.75, 3.05) is 39.3 Å². The molecule has 0 bridgehead atoms. The molecule has 0 radical (unpaired) electrons. The highest BCUT2D eigenvalue weighted by Gasteiger charge is 2.19. The number of nitrogens with one attached hydrogen (secondary N) is 3. The molecular weight excluding hydrogens is 332 g/mol. The number of H-pyrrole nitrogens is 1. The molecule has 0 aliphatic carbocycles. The van der Waals surface area contributed by atoms with Crippen LogP contribution in [0.3, 0.4) is 0 Å². The first kappa shape index (κ1) is 18.7. The van der Waals surface area contributed by atoms with Crippen LogP contribution in [-0.4, -0.2) is 72.6 Å². The Morgan fingerprint density at radius 2 is 2.31 bits per heavy atom. The van der Waals surface area contributed by atoms with Gasteiger partial charge in [-0.05, 0) is 30.4 Å². The van der Waals surface area contributed by atoms with Gasteiger partial charge in [0.15, 0.2) is 0 Å². The summed E-state index contributed by atoms with van der Waals surface area (Å²) in [5.41, 5.74) is 2.29. The number of hydrogen-bond acceptors (Lipinski definition) is 4. The molecule has 4 N–H and O–H groups in total. The number of nitrogens with zero attached hydrogens (tertiary/aromatic N) is 1. The van der Waals surface area contributed by atoms with Crippen LogP contribution in [0.4, 0.5) is 4.79 Å². The molecule has 7 nitrogen and oxygen atoms in total. The number of hydrogen-bond donors (Lipinski definition) is 4. The topological polar surface area (TPSA) is 89.6 Å². The maximum absolute atomic E-state index is 11.9. The van der Waals surface area contributed by atoms with Crippen LogP contribution in [0.25, 0.3) is 10.9 Å². The average molecular weight is 360 g/mol. The Hall–Kier alpha value is -2.09. The van der Waals surface area contributed by atoms with Crippen LogP contribution in [0, 0.1) is 0 Å².